The van der Waals surface area contributed by atoms with Gasteiger partial charge in [-0.3, -0.25) is 19.1 Å². The van der Waals surface area contributed by atoms with Crippen LogP contribution in [0.2, 0.25) is 0 Å². The molecule has 0 saturated carbocycles. The van der Waals surface area contributed by atoms with Gasteiger partial charge in [0, 0.05) is 45.4 Å². The molecule has 6 aromatic heterocycles. The van der Waals surface area contributed by atoms with Gasteiger partial charge in [-0.25, -0.2) is 9.97 Å². The topological polar surface area (TPSA) is 61.4 Å². The van der Waals surface area contributed by atoms with Gasteiger partial charge in [0.1, 0.15) is 11.6 Å². The maximum Gasteiger partial charge on any atom is 0.416 e. The van der Waals surface area contributed by atoms with Crippen LogP contribution in [0.25, 0.3) is 66.9 Å². The SMILES string of the molecule is Cc1cccccc2ccncc2n1-c1cccc(-c2cc(-c3cccc(-n4c5ccccc5c5ccncc54)n3)cc(C(F)(F)F)c2)n1. The van der Waals surface area contributed by atoms with Gasteiger partial charge in [-0.2, -0.15) is 13.2 Å². The van der Waals surface area contributed by atoms with E-state index in [1.807, 2.05) is 94.9 Å². The molecule has 0 unspecified atom stereocenters. The highest BCUT2D eigenvalue weighted by molar-refractivity contribution is 6.08. The van der Waals surface area contributed by atoms with Crippen LogP contribution in [0.1, 0.15) is 11.3 Å². The van der Waals surface area contributed by atoms with E-state index in [-0.39, 0.29) is 0 Å². The molecule has 0 fully saturated rings. The summed E-state index contributed by atoms with van der Waals surface area (Å²) in [7, 11) is 0. The largest absolute Gasteiger partial charge is 0.416 e. The van der Waals surface area contributed by atoms with Crippen molar-refractivity contribution in [3.63, 3.8) is 0 Å². The molecule has 0 amide bonds. The van der Waals surface area contributed by atoms with Crippen molar-refractivity contribution in [3.05, 3.63) is 157 Å². The van der Waals surface area contributed by atoms with Crippen molar-refractivity contribution in [1.82, 2.24) is 29.1 Å². The first-order chi connectivity index (χ1) is 23.8. The van der Waals surface area contributed by atoms with Crippen LogP contribution in [-0.2, 0) is 6.18 Å². The zero-order valence-corrected chi connectivity index (χ0v) is 26.2. The van der Waals surface area contributed by atoms with Gasteiger partial charge in [0.25, 0.3) is 0 Å². The molecule has 0 spiro atoms. The minimum atomic E-state index is -4.59. The fourth-order valence-electron chi connectivity index (χ4n) is 6.28. The van der Waals surface area contributed by atoms with Crippen molar-refractivity contribution < 1.29 is 13.2 Å². The van der Waals surface area contributed by atoms with Crippen molar-refractivity contribution in [2.24, 2.45) is 0 Å². The van der Waals surface area contributed by atoms with Crippen LogP contribution in [0.5, 0.6) is 0 Å². The van der Waals surface area contributed by atoms with Gasteiger partial charge >= 0.3 is 6.18 Å². The van der Waals surface area contributed by atoms with Gasteiger partial charge in [-0.15, -0.1) is 0 Å². The summed E-state index contributed by atoms with van der Waals surface area (Å²) in [4.78, 5) is 18.5. The summed E-state index contributed by atoms with van der Waals surface area (Å²) in [5.74, 6) is 1.12. The van der Waals surface area contributed by atoms with Crippen molar-refractivity contribution in [1.29, 1.82) is 0 Å². The molecule has 0 radical (unpaired) electrons. The predicted molar refractivity (Wildman–Crippen MR) is 187 cm³/mol. The zero-order valence-electron chi connectivity index (χ0n) is 26.2. The van der Waals surface area contributed by atoms with Crippen LogP contribution >= 0.6 is 0 Å². The Bertz CT molecular complexity index is 2530. The Morgan fingerprint density at radius 2 is 1.14 bits per heavy atom. The molecule has 0 N–H and O–H groups in total. The summed E-state index contributed by atoms with van der Waals surface area (Å²) >= 11 is 0. The molecule has 0 aliphatic rings. The number of hydrogen-bond donors (Lipinski definition) is 0. The van der Waals surface area contributed by atoms with E-state index in [1.54, 1.807) is 55.1 Å². The molecule has 9 heteroatoms. The van der Waals surface area contributed by atoms with Crippen molar-refractivity contribution >= 4 is 32.7 Å². The molecule has 0 saturated heterocycles. The molecule has 6 heterocycles. The number of nitrogens with zero attached hydrogens (tertiary/aromatic N) is 6. The Kier molecular flexibility index (Phi) is 7.37. The number of halogens is 3. The van der Waals surface area contributed by atoms with Crippen LogP contribution in [0, 0.1) is 6.92 Å². The molecule has 0 aliphatic heterocycles. The van der Waals surface area contributed by atoms with Gasteiger partial charge in [-0.1, -0.05) is 54.6 Å². The standard InChI is InChI=1S/C40H27F3N6/c1-26-9-3-2-4-10-27-17-19-44-24-36(27)48(26)38-15-7-12-33(46-38)28-21-29(23-30(22-28)40(41,42)43)34-13-8-16-39(47-34)49-35-14-6-5-11-31(35)32-18-20-45-25-37(32)49/h2-25H,1H3. The molecular weight excluding hydrogens is 621 g/mol. The van der Waals surface area contributed by atoms with Crippen LogP contribution in [0.4, 0.5) is 13.2 Å². The van der Waals surface area contributed by atoms with E-state index in [9.17, 15) is 13.2 Å². The number of aromatic nitrogens is 6. The van der Waals surface area contributed by atoms with Crippen LogP contribution in [0.15, 0.2) is 146 Å². The zero-order chi connectivity index (χ0) is 33.5. The lowest BCUT2D eigenvalue weighted by atomic mass is 10.0. The number of alkyl halides is 3. The summed E-state index contributed by atoms with van der Waals surface area (Å²) in [5.41, 5.74) is 4.07. The lowest BCUT2D eigenvalue weighted by Gasteiger charge is -2.15. The average Bonchev–Trinajstić information content (AvgIpc) is 3.49. The minimum absolute atomic E-state index is 0.317. The number of aryl methyl sites for hydroxylation is 1. The second-order valence-electron chi connectivity index (χ2n) is 11.6. The Hall–Kier alpha value is -6.35. The fourth-order valence-corrected chi connectivity index (χ4v) is 6.28. The van der Waals surface area contributed by atoms with Crippen molar-refractivity contribution in [3.8, 4) is 34.2 Å². The molecule has 6 nitrogen and oxygen atoms in total. The first-order valence-electron chi connectivity index (χ1n) is 15.6. The first-order valence-corrected chi connectivity index (χ1v) is 15.6. The van der Waals surface area contributed by atoms with E-state index in [0.717, 1.165) is 50.5 Å². The van der Waals surface area contributed by atoms with Gasteiger partial charge in [-0.05, 0) is 73.7 Å². The molecule has 8 rings (SSSR count). The van der Waals surface area contributed by atoms with Crippen molar-refractivity contribution in [2.75, 3.05) is 0 Å². The van der Waals surface area contributed by atoms with E-state index in [0.29, 0.717) is 34.2 Å². The molecule has 0 aliphatic carbocycles. The number of pyridine rings is 4. The summed E-state index contributed by atoms with van der Waals surface area (Å²) in [6.45, 7) is 1.95. The Morgan fingerprint density at radius 1 is 0.531 bits per heavy atom. The molecule has 0 bridgehead atoms. The second-order valence-corrected chi connectivity index (χ2v) is 11.6. The molecule has 2 aromatic carbocycles. The van der Waals surface area contributed by atoms with Crippen molar-refractivity contribution in [2.45, 2.75) is 13.1 Å². The smallest absolute Gasteiger partial charge is 0.297 e. The third kappa shape index (κ3) is 5.55. The van der Waals surface area contributed by atoms with E-state index < -0.39 is 11.7 Å². The molecular formula is C40H27F3N6. The summed E-state index contributed by atoms with van der Waals surface area (Å²) in [6.07, 6.45) is 2.40. The van der Waals surface area contributed by atoms with Crippen LogP contribution in [-0.4, -0.2) is 29.1 Å². The van der Waals surface area contributed by atoms with E-state index >= 15 is 0 Å². The van der Waals surface area contributed by atoms with Gasteiger partial charge < -0.3 is 0 Å². The molecule has 238 valence electrons. The van der Waals surface area contributed by atoms with Gasteiger partial charge in [0.2, 0.25) is 0 Å². The predicted octanol–water partition coefficient (Wildman–Crippen LogP) is 10.1. The number of benzene rings is 2. The van der Waals surface area contributed by atoms with Crippen LogP contribution < -0.4 is 0 Å². The number of hydrogen-bond acceptors (Lipinski definition) is 4. The highest BCUT2D eigenvalue weighted by Gasteiger charge is 2.32. The quantitative estimate of drug-likeness (QED) is 0.191. The summed E-state index contributed by atoms with van der Waals surface area (Å²) in [6, 6.07) is 36.3. The average molecular weight is 649 g/mol. The van der Waals surface area contributed by atoms with Gasteiger partial charge in [0.15, 0.2) is 0 Å². The minimum Gasteiger partial charge on any atom is -0.297 e. The monoisotopic (exact) mass is 648 g/mol. The fraction of sp³-hybridized carbons (Fsp3) is 0.0500. The number of para-hydroxylation sites is 1. The Labute approximate surface area is 279 Å². The lowest BCUT2D eigenvalue weighted by Crippen LogP contribution is -2.07. The van der Waals surface area contributed by atoms with E-state index in [4.69, 9.17) is 9.97 Å². The number of rotatable bonds is 4. The third-order valence-corrected chi connectivity index (χ3v) is 8.52. The number of fused-ring (bicyclic) bond motifs is 4. The maximum absolute atomic E-state index is 14.5. The second kappa shape index (κ2) is 12.0. The van der Waals surface area contributed by atoms with Crippen LogP contribution in [0.3, 0.4) is 0 Å². The molecule has 49 heavy (non-hydrogen) atoms. The Balaban J connectivity index is 1.30. The maximum atomic E-state index is 14.5. The lowest BCUT2D eigenvalue weighted by molar-refractivity contribution is -0.137. The normalized spacial score (nSPS) is 11.7. The molecule has 8 aromatic rings. The van der Waals surface area contributed by atoms with E-state index in [1.165, 1.54) is 0 Å². The summed E-state index contributed by atoms with van der Waals surface area (Å²) in [5, 5.41) is 2.97. The highest BCUT2D eigenvalue weighted by Crippen LogP contribution is 2.37. The third-order valence-electron chi connectivity index (χ3n) is 8.52. The Morgan fingerprint density at radius 3 is 1.88 bits per heavy atom. The molecule has 0 atom stereocenters. The highest BCUT2D eigenvalue weighted by atomic mass is 19.4. The van der Waals surface area contributed by atoms with E-state index in [2.05, 4.69) is 9.97 Å². The summed E-state index contributed by atoms with van der Waals surface area (Å²) < 4.78 is 47.3. The first kappa shape index (κ1) is 30.0. The van der Waals surface area contributed by atoms with Gasteiger partial charge in [0.05, 0.1) is 45.9 Å².